The van der Waals surface area contributed by atoms with Gasteiger partial charge < -0.3 is 28.4 Å². The van der Waals surface area contributed by atoms with Crippen molar-refractivity contribution in [2.24, 2.45) is 0 Å². The van der Waals surface area contributed by atoms with Crippen LogP contribution < -0.4 is 28.4 Å². The van der Waals surface area contributed by atoms with Gasteiger partial charge in [-0.15, -0.1) is 0 Å². The second-order valence-corrected chi connectivity index (χ2v) is 16.7. The van der Waals surface area contributed by atoms with Crippen LogP contribution in [0.3, 0.4) is 0 Å². The molecule has 0 bridgehead atoms. The third-order valence-corrected chi connectivity index (χ3v) is 10.9. The molecular weight excluding hydrogens is 793 g/mol. The van der Waals surface area contributed by atoms with E-state index < -0.39 is 0 Å². The molecule has 0 aliphatic carbocycles. The van der Waals surface area contributed by atoms with Crippen LogP contribution in [-0.2, 0) is 16.2 Å². The van der Waals surface area contributed by atoms with E-state index in [0.29, 0.717) is 0 Å². The first-order chi connectivity index (χ1) is 30.1. The van der Waals surface area contributed by atoms with E-state index in [0.717, 1.165) is 34.5 Å². The van der Waals surface area contributed by atoms with Crippen molar-refractivity contribution in [2.75, 3.05) is 42.7 Å². The Kier molecular flexibility index (Phi) is 24.6. The fraction of sp³-hybridized carbons (Fsp3) is 0.379. The third-order valence-electron chi connectivity index (χ3n) is 10.9. The maximum atomic E-state index is 5.20. The monoisotopic (exact) mass is 873 g/mol. The van der Waals surface area contributed by atoms with E-state index in [4.69, 9.17) is 28.4 Å². The SMILES string of the molecule is C.CCC.CCC.COc1ccc(C(C)(C)c2ccc(OC)cc2)cc1.COc1ccc(C(C)(C)c2ccc(OC)cc2)cc1.COc1ccc(C(C)(C)c2ccc(OC)cc2)cc1. The van der Waals surface area contributed by atoms with Gasteiger partial charge in [0.05, 0.1) is 42.7 Å². The first-order valence-electron chi connectivity index (χ1n) is 21.9. The Labute approximate surface area is 388 Å². The first-order valence-corrected chi connectivity index (χ1v) is 21.9. The van der Waals surface area contributed by atoms with Crippen LogP contribution in [0.2, 0.25) is 0 Å². The van der Waals surface area contributed by atoms with Crippen LogP contribution in [0.15, 0.2) is 146 Å². The number of ether oxygens (including phenoxy) is 6. The zero-order valence-electron chi connectivity index (χ0n) is 41.2. The standard InChI is InChI=1S/3C17H20O2.2C3H8.CH4/c3*1-17(2,13-5-9-15(18-3)10-6-13)14-7-11-16(19-4)12-8-14;2*1-3-2;/h3*5-12H,1-4H3;2*3H2,1-2H3;1H4. The molecule has 0 amide bonds. The number of benzene rings is 6. The molecule has 0 aromatic heterocycles. The van der Waals surface area contributed by atoms with Crippen molar-refractivity contribution in [3.05, 3.63) is 179 Å². The van der Waals surface area contributed by atoms with Crippen molar-refractivity contribution in [1.82, 2.24) is 0 Å². The fourth-order valence-corrected chi connectivity index (χ4v) is 6.55. The number of hydrogen-bond donors (Lipinski definition) is 0. The lowest BCUT2D eigenvalue weighted by molar-refractivity contribution is 0.413. The molecule has 0 radical (unpaired) electrons. The molecule has 0 N–H and O–H groups in total. The van der Waals surface area contributed by atoms with Gasteiger partial charge in [0.15, 0.2) is 0 Å². The molecule has 0 atom stereocenters. The van der Waals surface area contributed by atoms with Crippen LogP contribution in [0.25, 0.3) is 0 Å². The summed E-state index contributed by atoms with van der Waals surface area (Å²) in [4.78, 5) is 0. The van der Waals surface area contributed by atoms with Crippen LogP contribution in [0.5, 0.6) is 34.5 Å². The molecule has 6 aromatic rings. The van der Waals surface area contributed by atoms with Gasteiger partial charge >= 0.3 is 0 Å². The summed E-state index contributed by atoms with van der Waals surface area (Å²) >= 11 is 0. The minimum atomic E-state index is -0.0431. The third kappa shape index (κ3) is 16.3. The van der Waals surface area contributed by atoms with E-state index in [1.165, 1.54) is 46.2 Å². The summed E-state index contributed by atoms with van der Waals surface area (Å²) in [5.74, 6) is 5.30. The van der Waals surface area contributed by atoms with Crippen molar-refractivity contribution in [2.45, 2.75) is 106 Å². The van der Waals surface area contributed by atoms with Crippen molar-refractivity contribution in [3.63, 3.8) is 0 Å². The number of rotatable bonds is 12. The highest BCUT2D eigenvalue weighted by atomic mass is 16.5. The normalized spacial score (nSPS) is 10.5. The van der Waals surface area contributed by atoms with Gasteiger partial charge in [-0.25, -0.2) is 0 Å². The highest BCUT2D eigenvalue weighted by Gasteiger charge is 2.25. The first kappa shape index (κ1) is 56.1. The maximum absolute atomic E-state index is 5.20. The molecule has 348 valence electrons. The Hall–Kier alpha value is -5.88. The predicted octanol–water partition coefficient (Wildman–Crippen LogP) is 15.6. The van der Waals surface area contributed by atoms with E-state index in [2.05, 4.69) is 142 Å². The largest absolute Gasteiger partial charge is 0.497 e. The van der Waals surface area contributed by atoms with Gasteiger partial charge in [0.1, 0.15) is 34.5 Å². The van der Waals surface area contributed by atoms with Gasteiger partial charge in [-0.05, 0) is 106 Å². The minimum Gasteiger partial charge on any atom is -0.497 e. The smallest absolute Gasteiger partial charge is 0.118 e. The molecule has 0 saturated heterocycles. The van der Waals surface area contributed by atoms with Crippen LogP contribution in [-0.4, -0.2) is 42.7 Å². The van der Waals surface area contributed by atoms with E-state index in [1.807, 2.05) is 72.8 Å². The molecule has 6 heteroatoms. The summed E-state index contributed by atoms with van der Waals surface area (Å²) in [5, 5.41) is 0. The van der Waals surface area contributed by atoms with Gasteiger partial charge in [0, 0.05) is 16.2 Å². The number of hydrogen-bond acceptors (Lipinski definition) is 6. The van der Waals surface area contributed by atoms with Crippen molar-refractivity contribution >= 4 is 0 Å². The Morgan fingerprint density at radius 2 is 0.344 bits per heavy atom. The highest BCUT2D eigenvalue weighted by Crippen LogP contribution is 2.36. The lowest BCUT2D eigenvalue weighted by Gasteiger charge is -2.26. The Balaban J connectivity index is 0.000000448. The zero-order valence-corrected chi connectivity index (χ0v) is 41.2. The molecule has 6 rings (SSSR count). The summed E-state index contributed by atoms with van der Waals surface area (Å²) in [6.07, 6.45) is 2.50. The van der Waals surface area contributed by atoms with Crippen molar-refractivity contribution < 1.29 is 28.4 Å². The molecule has 0 saturated carbocycles. The molecule has 0 spiro atoms. The Morgan fingerprint density at radius 1 is 0.250 bits per heavy atom. The van der Waals surface area contributed by atoms with Gasteiger partial charge in [0.2, 0.25) is 0 Å². The predicted molar refractivity (Wildman–Crippen MR) is 273 cm³/mol. The summed E-state index contributed by atoms with van der Waals surface area (Å²) in [7, 11) is 10.1. The van der Waals surface area contributed by atoms with Crippen molar-refractivity contribution in [3.8, 4) is 34.5 Å². The summed E-state index contributed by atoms with van der Waals surface area (Å²) < 4.78 is 31.2. The second kappa shape index (κ2) is 28.0. The van der Waals surface area contributed by atoms with Gasteiger partial charge in [0.25, 0.3) is 0 Å². The Morgan fingerprint density at radius 3 is 0.422 bits per heavy atom. The molecule has 64 heavy (non-hydrogen) atoms. The average molecular weight is 873 g/mol. The molecule has 0 aliphatic rings. The summed E-state index contributed by atoms with van der Waals surface area (Å²) in [6, 6.07) is 49.4. The van der Waals surface area contributed by atoms with Crippen molar-refractivity contribution in [1.29, 1.82) is 0 Å². The van der Waals surface area contributed by atoms with Gasteiger partial charge in [-0.1, -0.05) is 162 Å². The van der Waals surface area contributed by atoms with Crippen LogP contribution in [0.1, 0.15) is 123 Å². The van der Waals surface area contributed by atoms with E-state index in [-0.39, 0.29) is 23.7 Å². The summed E-state index contributed by atoms with van der Waals surface area (Å²) in [6.45, 7) is 21.8. The number of methoxy groups -OCH3 is 6. The Bertz CT molecular complexity index is 1700. The summed E-state index contributed by atoms with van der Waals surface area (Å²) in [5.41, 5.74) is 7.45. The van der Waals surface area contributed by atoms with E-state index in [9.17, 15) is 0 Å². The molecule has 6 nitrogen and oxygen atoms in total. The lowest BCUT2D eigenvalue weighted by atomic mass is 9.78. The fourth-order valence-electron chi connectivity index (χ4n) is 6.55. The molecule has 0 aliphatic heterocycles. The molecule has 0 fully saturated rings. The zero-order chi connectivity index (χ0) is 47.1. The van der Waals surface area contributed by atoms with Gasteiger partial charge in [-0.3, -0.25) is 0 Å². The molecule has 0 heterocycles. The minimum absolute atomic E-state index is 0. The quantitative estimate of drug-likeness (QED) is 0.122. The maximum Gasteiger partial charge on any atom is 0.118 e. The highest BCUT2D eigenvalue weighted by molar-refractivity contribution is 5.44. The van der Waals surface area contributed by atoms with Crippen LogP contribution in [0, 0.1) is 0 Å². The second-order valence-electron chi connectivity index (χ2n) is 16.7. The lowest BCUT2D eigenvalue weighted by Crippen LogP contribution is -2.18. The molecular formula is C58H80O6. The van der Waals surface area contributed by atoms with Gasteiger partial charge in [-0.2, -0.15) is 0 Å². The average Bonchev–Trinajstić information content (AvgIpc) is 3.32. The van der Waals surface area contributed by atoms with Crippen LogP contribution in [0.4, 0.5) is 0 Å². The van der Waals surface area contributed by atoms with Crippen LogP contribution >= 0.6 is 0 Å². The van der Waals surface area contributed by atoms with E-state index in [1.54, 1.807) is 42.7 Å². The van der Waals surface area contributed by atoms with E-state index >= 15 is 0 Å². The molecule has 0 unspecified atom stereocenters. The topological polar surface area (TPSA) is 55.4 Å². The molecule has 6 aromatic carbocycles.